The van der Waals surface area contributed by atoms with Gasteiger partial charge in [0.1, 0.15) is 17.2 Å². The topological polar surface area (TPSA) is 52.5 Å². The molecule has 0 spiro atoms. The van der Waals surface area contributed by atoms with E-state index in [1.165, 1.54) is 0 Å². The van der Waals surface area contributed by atoms with Crippen LogP contribution in [0.25, 0.3) is 11.0 Å². The molecule has 4 heteroatoms. The van der Waals surface area contributed by atoms with Crippen molar-refractivity contribution in [3.63, 3.8) is 0 Å². The largest absolute Gasteiger partial charge is 0.437 e. The standard InChI is InChI=1S/C15H17N3O/c1-10(2)11-6-5-7-13-14(11)12(8-16)15(19-13)17-9-18(3)4/h5-7,9-10H,1-4H3. The van der Waals surface area contributed by atoms with Gasteiger partial charge in [0, 0.05) is 19.5 Å². The molecule has 1 heterocycles. The van der Waals surface area contributed by atoms with Gasteiger partial charge in [0.15, 0.2) is 0 Å². The number of fused-ring (bicyclic) bond motifs is 1. The molecule has 0 aliphatic heterocycles. The average Bonchev–Trinajstić information content (AvgIpc) is 2.73. The second-order valence-corrected chi connectivity index (χ2v) is 4.98. The van der Waals surface area contributed by atoms with Crippen LogP contribution >= 0.6 is 0 Å². The van der Waals surface area contributed by atoms with E-state index in [1.54, 1.807) is 11.2 Å². The van der Waals surface area contributed by atoms with Gasteiger partial charge in [0.05, 0.1) is 6.34 Å². The number of furan rings is 1. The molecule has 0 aliphatic rings. The molecule has 0 amide bonds. The van der Waals surface area contributed by atoms with Crippen LogP contribution in [-0.4, -0.2) is 25.3 Å². The molecule has 1 aromatic heterocycles. The van der Waals surface area contributed by atoms with Crippen LogP contribution in [0.4, 0.5) is 5.88 Å². The van der Waals surface area contributed by atoms with Crippen molar-refractivity contribution in [2.24, 2.45) is 4.99 Å². The Kier molecular flexibility index (Phi) is 3.57. The summed E-state index contributed by atoms with van der Waals surface area (Å²) in [5.41, 5.74) is 2.34. The fraction of sp³-hybridized carbons (Fsp3) is 0.333. The van der Waals surface area contributed by atoms with Crippen LogP contribution in [0.5, 0.6) is 0 Å². The summed E-state index contributed by atoms with van der Waals surface area (Å²) in [7, 11) is 3.75. The lowest BCUT2D eigenvalue weighted by Gasteiger charge is -2.05. The minimum absolute atomic E-state index is 0.332. The second kappa shape index (κ2) is 5.15. The molecule has 0 atom stereocenters. The maximum Gasteiger partial charge on any atom is 0.239 e. The lowest BCUT2D eigenvalue weighted by Crippen LogP contribution is -2.06. The lowest BCUT2D eigenvalue weighted by molar-refractivity contribution is 0.611. The Morgan fingerprint density at radius 1 is 1.37 bits per heavy atom. The number of benzene rings is 1. The number of hydrogen-bond acceptors (Lipinski definition) is 3. The fourth-order valence-corrected chi connectivity index (χ4v) is 2.01. The van der Waals surface area contributed by atoms with E-state index in [-0.39, 0.29) is 0 Å². The highest BCUT2D eigenvalue weighted by atomic mass is 16.3. The van der Waals surface area contributed by atoms with Crippen LogP contribution < -0.4 is 0 Å². The zero-order chi connectivity index (χ0) is 14.0. The van der Waals surface area contributed by atoms with Gasteiger partial charge in [0.2, 0.25) is 5.88 Å². The van der Waals surface area contributed by atoms with Crippen LogP contribution in [0.2, 0.25) is 0 Å². The maximum absolute atomic E-state index is 9.38. The van der Waals surface area contributed by atoms with Gasteiger partial charge >= 0.3 is 0 Å². The van der Waals surface area contributed by atoms with E-state index in [0.717, 1.165) is 10.9 Å². The van der Waals surface area contributed by atoms with Gasteiger partial charge < -0.3 is 9.32 Å². The van der Waals surface area contributed by atoms with Crippen molar-refractivity contribution in [2.45, 2.75) is 19.8 Å². The molecular formula is C15H17N3O. The maximum atomic E-state index is 9.38. The second-order valence-electron chi connectivity index (χ2n) is 4.98. The molecule has 4 nitrogen and oxygen atoms in total. The van der Waals surface area contributed by atoms with Gasteiger partial charge in [-0.25, -0.2) is 4.99 Å². The van der Waals surface area contributed by atoms with Crippen LogP contribution in [0.15, 0.2) is 27.6 Å². The fourth-order valence-electron chi connectivity index (χ4n) is 2.01. The molecule has 0 saturated carbocycles. The van der Waals surface area contributed by atoms with E-state index in [1.807, 2.05) is 32.3 Å². The normalized spacial score (nSPS) is 11.4. The SMILES string of the molecule is CC(C)c1cccc2oc(N=CN(C)C)c(C#N)c12. The van der Waals surface area contributed by atoms with Crippen LogP contribution in [0, 0.1) is 11.3 Å². The van der Waals surface area contributed by atoms with E-state index in [9.17, 15) is 5.26 Å². The molecule has 1 aromatic carbocycles. The number of hydrogen-bond donors (Lipinski definition) is 0. The average molecular weight is 255 g/mol. The summed E-state index contributed by atoms with van der Waals surface area (Å²) in [6.45, 7) is 4.21. The van der Waals surface area contributed by atoms with Crippen molar-refractivity contribution in [3.8, 4) is 6.07 Å². The van der Waals surface area contributed by atoms with E-state index < -0.39 is 0 Å². The summed E-state index contributed by atoms with van der Waals surface area (Å²) in [5.74, 6) is 0.707. The van der Waals surface area contributed by atoms with Crippen LogP contribution in [-0.2, 0) is 0 Å². The van der Waals surface area contributed by atoms with Gasteiger partial charge in [-0.3, -0.25) is 0 Å². The van der Waals surface area contributed by atoms with Crippen molar-refractivity contribution in [1.82, 2.24) is 4.90 Å². The summed E-state index contributed by atoms with van der Waals surface area (Å²) in [5, 5.41) is 10.3. The minimum Gasteiger partial charge on any atom is -0.437 e. The third kappa shape index (κ3) is 2.45. The quantitative estimate of drug-likeness (QED) is 0.621. The van der Waals surface area contributed by atoms with E-state index in [0.29, 0.717) is 22.9 Å². The summed E-state index contributed by atoms with van der Waals surface area (Å²) in [4.78, 5) is 6.03. The molecule has 0 N–H and O–H groups in total. The summed E-state index contributed by atoms with van der Waals surface area (Å²) in [6.07, 6.45) is 1.63. The van der Waals surface area contributed by atoms with Crippen molar-refractivity contribution < 1.29 is 4.42 Å². The molecule has 2 rings (SSSR count). The summed E-state index contributed by atoms with van der Waals surface area (Å²) < 4.78 is 5.68. The molecule has 98 valence electrons. The Labute approximate surface area is 113 Å². The van der Waals surface area contributed by atoms with Gasteiger partial charge in [-0.05, 0) is 17.5 Å². The van der Waals surface area contributed by atoms with Crippen molar-refractivity contribution in [2.75, 3.05) is 14.1 Å². The molecule has 0 fully saturated rings. The number of rotatable bonds is 3. The third-order valence-electron chi connectivity index (χ3n) is 2.87. The molecule has 0 unspecified atom stereocenters. The first-order valence-electron chi connectivity index (χ1n) is 6.20. The highest BCUT2D eigenvalue weighted by Gasteiger charge is 2.17. The zero-order valence-electron chi connectivity index (χ0n) is 11.6. The Morgan fingerprint density at radius 3 is 2.68 bits per heavy atom. The first-order chi connectivity index (χ1) is 9.04. The van der Waals surface area contributed by atoms with Crippen molar-refractivity contribution >= 4 is 23.2 Å². The Morgan fingerprint density at radius 2 is 2.11 bits per heavy atom. The Balaban J connectivity index is 2.69. The van der Waals surface area contributed by atoms with Gasteiger partial charge in [-0.2, -0.15) is 5.26 Å². The van der Waals surface area contributed by atoms with Crippen LogP contribution in [0.1, 0.15) is 30.9 Å². The molecule has 19 heavy (non-hydrogen) atoms. The molecule has 0 radical (unpaired) electrons. The summed E-state index contributed by atoms with van der Waals surface area (Å²) in [6, 6.07) is 8.06. The highest BCUT2D eigenvalue weighted by molar-refractivity contribution is 5.92. The zero-order valence-corrected chi connectivity index (χ0v) is 11.6. The Bertz CT molecular complexity index is 660. The predicted octanol–water partition coefficient (Wildman–Crippen LogP) is 3.65. The molecular weight excluding hydrogens is 238 g/mol. The lowest BCUT2D eigenvalue weighted by atomic mass is 9.97. The first-order valence-corrected chi connectivity index (χ1v) is 6.20. The monoisotopic (exact) mass is 255 g/mol. The number of nitrogens with zero attached hydrogens (tertiary/aromatic N) is 3. The summed E-state index contributed by atoms with van der Waals surface area (Å²) >= 11 is 0. The minimum atomic E-state index is 0.332. The predicted molar refractivity (Wildman–Crippen MR) is 76.9 cm³/mol. The smallest absolute Gasteiger partial charge is 0.239 e. The van der Waals surface area contributed by atoms with Crippen LogP contribution in [0.3, 0.4) is 0 Å². The third-order valence-corrected chi connectivity index (χ3v) is 2.87. The van der Waals surface area contributed by atoms with Gasteiger partial charge in [0.25, 0.3) is 0 Å². The first kappa shape index (κ1) is 13.2. The van der Waals surface area contributed by atoms with E-state index >= 15 is 0 Å². The highest BCUT2D eigenvalue weighted by Crippen LogP contribution is 2.36. The van der Waals surface area contributed by atoms with Gasteiger partial charge in [-0.1, -0.05) is 26.0 Å². The van der Waals surface area contributed by atoms with Crippen molar-refractivity contribution in [3.05, 3.63) is 29.3 Å². The number of nitriles is 1. The Hall–Kier alpha value is -2.28. The molecule has 0 bridgehead atoms. The number of aliphatic imine (C=N–C) groups is 1. The van der Waals surface area contributed by atoms with E-state index in [4.69, 9.17) is 4.42 Å². The van der Waals surface area contributed by atoms with Gasteiger partial charge in [-0.15, -0.1) is 0 Å². The molecule has 0 aliphatic carbocycles. The van der Waals surface area contributed by atoms with E-state index in [2.05, 4.69) is 24.9 Å². The van der Waals surface area contributed by atoms with Crippen molar-refractivity contribution in [1.29, 1.82) is 5.26 Å². The molecule has 0 saturated heterocycles. The molecule has 2 aromatic rings.